The van der Waals surface area contributed by atoms with Gasteiger partial charge in [-0.3, -0.25) is 9.59 Å². The lowest BCUT2D eigenvalue weighted by atomic mass is 10.1. The zero-order valence-electron chi connectivity index (χ0n) is 14.4. The summed E-state index contributed by atoms with van der Waals surface area (Å²) in [5.41, 5.74) is 4.97. The first-order chi connectivity index (χ1) is 11.9. The van der Waals surface area contributed by atoms with Gasteiger partial charge in [0.2, 0.25) is 5.91 Å². The number of hydrogen-bond donors (Lipinski definition) is 1. The van der Waals surface area contributed by atoms with Crippen molar-refractivity contribution in [3.63, 3.8) is 0 Å². The maximum Gasteiger partial charge on any atom is 0.254 e. The maximum absolute atomic E-state index is 12.6. The van der Waals surface area contributed by atoms with Crippen LogP contribution in [0.25, 0.3) is 0 Å². The van der Waals surface area contributed by atoms with Crippen molar-refractivity contribution in [1.29, 1.82) is 0 Å². The first-order valence-electron chi connectivity index (χ1n) is 8.37. The second-order valence-electron chi connectivity index (χ2n) is 6.51. The Balaban J connectivity index is 1.63. The van der Waals surface area contributed by atoms with Crippen LogP contribution in [-0.2, 0) is 17.6 Å². The number of likely N-dealkylation sites (N-methyl/N-ethyl adjacent to an activating group) is 1. The van der Waals surface area contributed by atoms with Gasteiger partial charge in [-0.05, 0) is 73.2 Å². The zero-order chi connectivity index (χ0) is 18.0. The van der Waals surface area contributed by atoms with Gasteiger partial charge < -0.3 is 10.2 Å². The van der Waals surface area contributed by atoms with E-state index in [-0.39, 0.29) is 18.4 Å². The number of anilines is 1. The lowest BCUT2D eigenvalue weighted by Gasteiger charge is -2.18. The molecule has 0 unspecified atom stereocenters. The number of carbonyl (C=O) groups is 2. The molecule has 0 saturated heterocycles. The molecule has 1 aliphatic carbocycles. The molecule has 1 aliphatic rings. The van der Waals surface area contributed by atoms with Gasteiger partial charge in [0.05, 0.1) is 6.54 Å². The normalized spacial score (nSPS) is 12.6. The fourth-order valence-corrected chi connectivity index (χ4v) is 3.65. The number of aryl methyl sites for hydroxylation is 3. The summed E-state index contributed by atoms with van der Waals surface area (Å²) in [4.78, 5) is 26.3. The van der Waals surface area contributed by atoms with Crippen LogP contribution in [-0.4, -0.2) is 30.3 Å². The third kappa shape index (κ3) is 4.10. The Hall–Kier alpha value is -2.14. The van der Waals surface area contributed by atoms with Crippen molar-refractivity contribution >= 4 is 33.4 Å². The SMILES string of the molecule is Cc1cc(Br)ccc1NC(=O)CN(C)C(=O)c1ccc2c(c1)CCC2. The molecule has 130 valence electrons. The average molecular weight is 401 g/mol. The molecule has 3 rings (SSSR count). The van der Waals surface area contributed by atoms with Crippen molar-refractivity contribution in [2.45, 2.75) is 26.2 Å². The highest BCUT2D eigenvalue weighted by Gasteiger charge is 2.18. The van der Waals surface area contributed by atoms with Gasteiger partial charge in [0, 0.05) is 22.8 Å². The lowest BCUT2D eigenvalue weighted by molar-refractivity contribution is -0.116. The number of carbonyl (C=O) groups excluding carboxylic acids is 2. The van der Waals surface area contributed by atoms with Gasteiger partial charge in [-0.15, -0.1) is 0 Å². The molecule has 0 fully saturated rings. The number of benzene rings is 2. The number of nitrogens with zero attached hydrogens (tertiary/aromatic N) is 1. The number of fused-ring (bicyclic) bond motifs is 1. The summed E-state index contributed by atoms with van der Waals surface area (Å²) in [6.07, 6.45) is 3.27. The highest BCUT2D eigenvalue weighted by Crippen LogP contribution is 2.23. The number of rotatable bonds is 4. The topological polar surface area (TPSA) is 49.4 Å². The Morgan fingerprint density at radius 3 is 2.64 bits per heavy atom. The fourth-order valence-electron chi connectivity index (χ4n) is 3.17. The van der Waals surface area contributed by atoms with E-state index in [1.165, 1.54) is 16.0 Å². The Morgan fingerprint density at radius 2 is 1.88 bits per heavy atom. The van der Waals surface area contributed by atoms with E-state index in [0.29, 0.717) is 5.56 Å². The van der Waals surface area contributed by atoms with Crippen LogP contribution in [0.3, 0.4) is 0 Å². The van der Waals surface area contributed by atoms with Gasteiger partial charge in [0.25, 0.3) is 5.91 Å². The molecule has 0 aliphatic heterocycles. The van der Waals surface area contributed by atoms with E-state index in [2.05, 4.69) is 21.2 Å². The zero-order valence-corrected chi connectivity index (χ0v) is 16.0. The second kappa shape index (κ2) is 7.40. The quantitative estimate of drug-likeness (QED) is 0.844. The van der Waals surface area contributed by atoms with Crippen molar-refractivity contribution in [2.24, 2.45) is 0 Å². The lowest BCUT2D eigenvalue weighted by Crippen LogP contribution is -2.35. The van der Waals surface area contributed by atoms with E-state index in [4.69, 9.17) is 0 Å². The number of hydrogen-bond acceptors (Lipinski definition) is 2. The van der Waals surface area contributed by atoms with Crippen LogP contribution in [0.4, 0.5) is 5.69 Å². The van der Waals surface area contributed by atoms with Crippen LogP contribution in [0.15, 0.2) is 40.9 Å². The smallest absolute Gasteiger partial charge is 0.254 e. The van der Waals surface area contributed by atoms with Crippen LogP contribution in [0, 0.1) is 6.92 Å². The Kier molecular flexibility index (Phi) is 5.23. The molecule has 2 amide bonds. The van der Waals surface area contributed by atoms with Gasteiger partial charge in [-0.2, -0.15) is 0 Å². The van der Waals surface area contributed by atoms with Gasteiger partial charge in [0.1, 0.15) is 0 Å². The van der Waals surface area contributed by atoms with Crippen molar-refractivity contribution in [1.82, 2.24) is 4.90 Å². The molecule has 2 aromatic rings. The molecule has 0 saturated carbocycles. The molecule has 5 heteroatoms. The summed E-state index contributed by atoms with van der Waals surface area (Å²) in [7, 11) is 1.66. The minimum absolute atomic E-state index is 0.0193. The van der Waals surface area contributed by atoms with Crippen LogP contribution < -0.4 is 5.32 Å². The molecule has 25 heavy (non-hydrogen) atoms. The Morgan fingerprint density at radius 1 is 1.12 bits per heavy atom. The summed E-state index contributed by atoms with van der Waals surface area (Å²) in [6, 6.07) is 11.5. The summed E-state index contributed by atoms with van der Waals surface area (Å²) >= 11 is 3.40. The minimum atomic E-state index is -0.206. The van der Waals surface area contributed by atoms with E-state index in [1.807, 2.05) is 43.3 Å². The van der Waals surface area contributed by atoms with E-state index < -0.39 is 0 Å². The standard InChI is InChI=1S/C20H21BrN2O2/c1-13-10-17(21)8-9-18(13)22-19(24)12-23(2)20(25)16-7-6-14-4-3-5-15(14)11-16/h6-11H,3-5,12H2,1-2H3,(H,22,24). The minimum Gasteiger partial charge on any atom is -0.332 e. The van der Waals surface area contributed by atoms with Crippen molar-refractivity contribution < 1.29 is 9.59 Å². The third-order valence-electron chi connectivity index (χ3n) is 4.54. The molecule has 0 atom stereocenters. The predicted octanol–water partition coefficient (Wildman–Crippen LogP) is 3.96. The summed E-state index contributed by atoms with van der Waals surface area (Å²) < 4.78 is 0.965. The number of nitrogens with one attached hydrogen (secondary N) is 1. The first-order valence-corrected chi connectivity index (χ1v) is 9.16. The van der Waals surface area contributed by atoms with E-state index >= 15 is 0 Å². The highest BCUT2D eigenvalue weighted by atomic mass is 79.9. The predicted molar refractivity (Wildman–Crippen MR) is 103 cm³/mol. The highest BCUT2D eigenvalue weighted by molar-refractivity contribution is 9.10. The number of halogens is 1. The molecular weight excluding hydrogens is 380 g/mol. The molecule has 2 aromatic carbocycles. The van der Waals surface area contributed by atoms with E-state index in [1.54, 1.807) is 7.05 Å². The second-order valence-corrected chi connectivity index (χ2v) is 7.42. The molecule has 4 nitrogen and oxygen atoms in total. The van der Waals surface area contributed by atoms with Gasteiger partial charge in [0.15, 0.2) is 0 Å². The van der Waals surface area contributed by atoms with Gasteiger partial charge in [-0.25, -0.2) is 0 Å². The Labute approximate surface area is 156 Å². The largest absolute Gasteiger partial charge is 0.332 e. The number of amides is 2. The van der Waals surface area contributed by atoms with Crippen molar-refractivity contribution in [3.8, 4) is 0 Å². The van der Waals surface area contributed by atoms with Gasteiger partial charge >= 0.3 is 0 Å². The van der Waals surface area contributed by atoms with Crippen molar-refractivity contribution in [3.05, 3.63) is 63.1 Å². The first kappa shape index (κ1) is 17.7. The molecular formula is C20H21BrN2O2. The third-order valence-corrected chi connectivity index (χ3v) is 5.03. The fraction of sp³-hybridized carbons (Fsp3) is 0.300. The van der Waals surface area contributed by atoms with Crippen LogP contribution in [0.5, 0.6) is 0 Å². The van der Waals surface area contributed by atoms with Crippen LogP contribution in [0.2, 0.25) is 0 Å². The summed E-state index contributed by atoms with van der Waals surface area (Å²) in [6.45, 7) is 1.95. The summed E-state index contributed by atoms with van der Waals surface area (Å²) in [5.74, 6) is -0.334. The molecule has 0 spiro atoms. The average Bonchev–Trinajstić information content (AvgIpc) is 3.04. The van der Waals surface area contributed by atoms with Crippen molar-refractivity contribution in [2.75, 3.05) is 18.9 Å². The molecule has 0 radical (unpaired) electrons. The van der Waals surface area contributed by atoms with E-state index in [0.717, 1.165) is 35.0 Å². The molecule has 1 N–H and O–H groups in total. The maximum atomic E-state index is 12.6. The molecule has 0 aromatic heterocycles. The summed E-state index contributed by atoms with van der Waals surface area (Å²) in [5, 5.41) is 2.86. The monoisotopic (exact) mass is 400 g/mol. The van der Waals surface area contributed by atoms with Gasteiger partial charge in [-0.1, -0.05) is 22.0 Å². The van der Waals surface area contributed by atoms with Crippen LogP contribution >= 0.6 is 15.9 Å². The van der Waals surface area contributed by atoms with Crippen LogP contribution in [0.1, 0.15) is 33.5 Å². The molecule has 0 bridgehead atoms. The molecule has 0 heterocycles. The van der Waals surface area contributed by atoms with E-state index in [9.17, 15) is 9.59 Å². The Bertz CT molecular complexity index is 832.